The van der Waals surface area contributed by atoms with Gasteiger partial charge in [-0.25, -0.2) is 4.39 Å². The van der Waals surface area contributed by atoms with Gasteiger partial charge in [0.05, 0.1) is 12.4 Å². The molecule has 0 atom stereocenters. The molecule has 0 unspecified atom stereocenters. The third-order valence-electron chi connectivity index (χ3n) is 1.37. The molecule has 0 saturated heterocycles. The van der Waals surface area contributed by atoms with Gasteiger partial charge in [0.2, 0.25) is 0 Å². The normalized spacial score (nSPS) is 13.0. The molecule has 0 rings (SSSR count). The quantitative estimate of drug-likeness (QED) is 0.390. The maximum absolute atomic E-state index is 11.5. The molecule has 0 aromatic heterocycles. The number of amidine groups is 1. The molecule has 0 fully saturated rings. The van der Waals surface area contributed by atoms with Crippen LogP contribution in [-0.4, -0.2) is 38.9 Å². The van der Waals surface area contributed by atoms with Crippen molar-refractivity contribution in [2.24, 2.45) is 9.98 Å². The van der Waals surface area contributed by atoms with Crippen LogP contribution in [-0.2, 0) is 0 Å². The van der Waals surface area contributed by atoms with Crippen LogP contribution in [0.25, 0.3) is 0 Å². The summed E-state index contributed by atoms with van der Waals surface area (Å²) in [6.07, 6.45) is 4.61. The zero-order valence-electron chi connectivity index (χ0n) is 8.13. The van der Waals surface area contributed by atoms with Gasteiger partial charge < -0.3 is 5.32 Å². The van der Waals surface area contributed by atoms with Gasteiger partial charge in [0.25, 0.3) is 0 Å². The third kappa shape index (κ3) is 8.72. The minimum atomic E-state index is -0.439. The van der Waals surface area contributed by atoms with E-state index in [-0.39, 0.29) is 0 Å². The number of rotatable bonds is 5. The highest BCUT2D eigenvalue weighted by Gasteiger charge is 1.84. The van der Waals surface area contributed by atoms with Crippen LogP contribution in [0.5, 0.6) is 0 Å². The summed E-state index contributed by atoms with van der Waals surface area (Å²) >= 11 is 0. The molecule has 1 N–H and O–H groups in total. The Morgan fingerprint density at radius 1 is 1.54 bits per heavy atom. The highest BCUT2D eigenvalue weighted by Crippen LogP contribution is 1.73. The standard InChI is InChI=1S/C9H16FN3/c1-9(11-2)13-8-7-12-6-4-3-5-10/h3-4,6H,5,7-8H2,1-2H3,(H,11,13)/b4-3-,12-6?. The lowest BCUT2D eigenvalue weighted by molar-refractivity contribution is 0.562. The molecule has 0 heterocycles. The van der Waals surface area contributed by atoms with Gasteiger partial charge in [0.1, 0.15) is 6.67 Å². The summed E-state index contributed by atoms with van der Waals surface area (Å²) in [4.78, 5) is 7.94. The first-order valence-electron chi connectivity index (χ1n) is 4.19. The molecule has 0 bridgehead atoms. The topological polar surface area (TPSA) is 36.8 Å². The molecule has 0 aromatic rings. The summed E-state index contributed by atoms with van der Waals surface area (Å²) in [5.74, 6) is 0.898. The Kier molecular flexibility index (Phi) is 8.09. The van der Waals surface area contributed by atoms with Crippen LogP contribution >= 0.6 is 0 Å². The fraction of sp³-hybridized carbons (Fsp3) is 0.556. The van der Waals surface area contributed by atoms with Gasteiger partial charge in [0.15, 0.2) is 0 Å². The highest BCUT2D eigenvalue weighted by molar-refractivity contribution is 5.79. The number of hydrogen-bond acceptors (Lipinski definition) is 2. The fourth-order valence-corrected chi connectivity index (χ4v) is 0.628. The summed E-state index contributed by atoms with van der Waals surface area (Å²) in [5, 5.41) is 3.06. The van der Waals surface area contributed by atoms with E-state index in [2.05, 4.69) is 15.3 Å². The number of allylic oxidation sites excluding steroid dienone is 2. The van der Waals surface area contributed by atoms with Gasteiger partial charge in [-0.1, -0.05) is 6.08 Å². The summed E-state index contributed by atoms with van der Waals surface area (Å²) in [7, 11) is 1.73. The van der Waals surface area contributed by atoms with Crippen LogP contribution in [0.2, 0.25) is 0 Å². The summed E-state index contributed by atoms with van der Waals surface area (Å²) < 4.78 is 11.5. The van der Waals surface area contributed by atoms with Crippen molar-refractivity contribution >= 4 is 12.1 Å². The average Bonchev–Trinajstić information content (AvgIpc) is 2.16. The Labute approximate surface area is 78.5 Å². The lowest BCUT2D eigenvalue weighted by Gasteiger charge is -2.00. The van der Waals surface area contributed by atoms with E-state index in [0.717, 1.165) is 12.4 Å². The Morgan fingerprint density at radius 2 is 2.31 bits per heavy atom. The van der Waals surface area contributed by atoms with E-state index >= 15 is 0 Å². The minimum absolute atomic E-state index is 0.439. The molecule has 0 radical (unpaired) electrons. The molecule has 0 aliphatic heterocycles. The lowest BCUT2D eigenvalue weighted by Crippen LogP contribution is -2.23. The Hall–Kier alpha value is -1.19. The monoisotopic (exact) mass is 185 g/mol. The minimum Gasteiger partial charge on any atom is -0.372 e. The zero-order valence-corrected chi connectivity index (χ0v) is 8.13. The van der Waals surface area contributed by atoms with E-state index in [1.807, 2.05) is 6.92 Å². The van der Waals surface area contributed by atoms with Gasteiger partial charge in [0, 0.05) is 19.8 Å². The second kappa shape index (κ2) is 8.90. The van der Waals surface area contributed by atoms with Crippen LogP contribution in [0.3, 0.4) is 0 Å². The zero-order chi connectivity index (χ0) is 9.94. The van der Waals surface area contributed by atoms with E-state index in [0.29, 0.717) is 6.54 Å². The second-order valence-corrected chi connectivity index (χ2v) is 2.37. The van der Waals surface area contributed by atoms with Crippen molar-refractivity contribution in [1.82, 2.24) is 5.32 Å². The SMILES string of the molecule is CN=C(C)NCCN=C/C=C\CF. The van der Waals surface area contributed by atoms with Gasteiger partial charge in [-0.15, -0.1) is 0 Å². The van der Waals surface area contributed by atoms with Crippen molar-refractivity contribution in [2.75, 3.05) is 26.8 Å². The average molecular weight is 185 g/mol. The van der Waals surface area contributed by atoms with Crippen molar-refractivity contribution < 1.29 is 4.39 Å². The van der Waals surface area contributed by atoms with Gasteiger partial charge in [-0.2, -0.15) is 0 Å². The number of nitrogens with zero attached hydrogens (tertiary/aromatic N) is 2. The first-order chi connectivity index (χ1) is 6.31. The maximum atomic E-state index is 11.5. The third-order valence-corrected chi connectivity index (χ3v) is 1.37. The van der Waals surface area contributed by atoms with Crippen LogP contribution < -0.4 is 5.32 Å². The van der Waals surface area contributed by atoms with Gasteiger partial charge in [-0.05, 0) is 13.0 Å². The summed E-state index contributed by atoms with van der Waals surface area (Å²) in [5.41, 5.74) is 0. The van der Waals surface area contributed by atoms with Gasteiger partial charge in [-0.3, -0.25) is 9.98 Å². The van der Waals surface area contributed by atoms with Crippen molar-refractivity contribution in [3.63, 3.8) is 0 Å². The van der Waals surface area contributed by atoms with Crippen molar-refractivity contribution in [3.8, 4) is 0 Å². The van der Waals surface area contributed by atoms with Crippen LogP contribution in [0.4, 0.5) is 4.39 Å². The lowest BCUT2D eigenvalue weighted by atomic mass is 10.5. The predicted octanol–water partition coefficient (Wildman–Crippen LogP) is 1.22. The molecule has 0 aromatic carbocycles. The summed E-state index contributed by atoms with van der Waals surface area (Å²) in [6, 6.07) is 0. The molecule has 0 aliphatic carbocycles. The number of halogens is 1. The molecule has 0 aliphatic rings. The van der Waals surface area contributed by atoms with Crippen LogP contribution in [0, 0.1) is 0 Å². The van der Waals surface area contributed by atoms with E-state index in [9.17, 15) is 4.39 Å². The highest BCUT2D eigenvalue weighted by atomic mass is 19.1. The van der Waals surface area contributed by atoms with Crippen molar-refractivity contribution in [3.05, 3.63) is 12.2 Å². The largest absolute Gasteiger partial charge is 0.372 e. The second-order valence-electron chi connectivity index (χ2n) is 2.37. The maximum Gasteiger partial charge on any atom is 0.108 e. The molecule has 0 spiro atoms. The van der Waals surface area contributed by atoms with Crippen LogP contribution in [0.15, 0.2) is 22.1 Å². The Balaban J connectivity index is 3.35. The van der Waals surface area contributed by atoms with Crippen molar-refractivity contribution in [1.29, 1.82) is 0 Å². The van der Waals surface area contributed by atoms with E-state index < -0.39 is 6.67 Å². The van der Waals surface area contributed by atoms with E-state index in [1.54, 1.807) is 19.3 Å². The number of alkyl halides is 1. The number of nitrogens with one attached hydrogen (secondary N) is 1. The first kappa shape index (κ1) is 11.8. The molecule has 74 valence electrons. The molecule has 0 amide bonds. The molecular weight excluding hydrogens is 169 g/mol. The molecule has 13 heavy (non-hydrogen) atoms. The molecular formula is C9H16FN3. The molecule has 4 heteroatoms. The molecule has 3 nitrogen and oxygen atoms in total. The van der Waals surface area contributed by atoms with E-state index in [1.165, 1.54) is 6.08 Å². The molecule has 0 saturated carbocycles. The van der Waals surface area contributed by atoms with E-state index in [4.69, 9.17) is 0 Å². The van der Waals surface area contributed by atoms with Crippen LogP contribution in [0.1, 0.15) is 6.92 Å². The van der Waals surface area contributed by atoms with Crippen molar-refractivity contribution in [2.45, 2.75) is 6.92 Å². The smallest absolute Gasteiger partial charge is 0.108 e. The first-order valence-corrected chi connectivity index (χ1v) is 4.19. The Morgan fingerprint density at radius 3 is 2.92 bits per heavy atom. The Bertz CT molecular complexity index is 197. The number of hydrogen-bond donors (Lipinski definition) is 1. The predicted molar refractivity (Wildman–Crippen MR) is 55.5 cm³/mol. The fourth-order valence-electron chi connectivity index (χ4n) is 0.628. The van der Waals surface area contributed by atoms with Gasteiger partial charge >= 0.3 is 0 Å². The number of aliphatic imine (C=N–C) groups is 2. The summed E-state index contributed by atoms with van der Waals surface area (Å²) in [6.45, 7) is 2.88.